The maximum absolute atomic E-state index is 12.6. The Kier molecular flexibility index (Phi) is 40.0. The Morgan fingerprint density at radius 2 is 0.776 bits per heavy atom. The molecule has 0 aliphatic heterocycles. The van der Waals surface area contributed by atoms with Crippen LogP contribution in [0.25, 0.3) is 0 Å². The lowest BCUT2D eigenvalue weighted by molar-refractivity contribution is -0.147. The molecule has 0 saturated carbocycles. The van der Waals surface area contributed by atoms with E-state index in [1.165, 1.54) is 180 Å². The van der Waals surface area contributed by atoms with Crippen molar-refractivity contribution in [3.8, 4) is 0 Å². The Bertz CT molecular complexity index is 702. The number of hydrogen-bond donors (Lipinski definition) is 1. The van der Waals surface area contributed by atoms with Gasteiger partial charge in [0.15, 0.2) is 0 Å². The van der Waals surface area contributed by atoms with Gasteiger partial charge in [0.2, 0.25) is 0 Å². The fraction of sp³-hybridized carbons (Fsp3) is 0.911. The lowest BCUT2D eigenvalue weighted by Crippen LogP contribution is -2.16. The molecule has 0 bridgehead atoms. The number of carbonyl (C=O) groups excluding carboxylic acids is 1. The number of allylic oxidation sites excluding steroid dienone is 1. The highest BCUT2D eigenvalue weighted by Gasteiger charge is 2.11. The Labute approximate surface area is 306 Å². The van der Waals surface area contributed by atoms with E-state index in [1.807, 2.05) is 0 Å². The van der Waals surface area contributed by atoms with Crippen LogP contribution in [0.3, 0.4) is 0 Å². The van der Waals surface area contributed by atoms with Gasteiger partial charge in [0.05, 0.1) is 0 Å². The standard InChI is InChI=1S/C45H86O4/c1-3-5-7-9-11-13-14-15-16-17-18-19-20-21-22-23-24-25-26-27-28-30-32-38-42-45(48)49-43(40-36-33-34-37-41-44(46)47)39-35-31-29-12-10-8-6-4-2/h35,39,43H,3-34,36-38,40-42H2,1-2H3,(H,46,47)/b39-35-. The zero-order chi connectivity index (χ0) is 35.7. The molecule has 0 saturated heterocycles. The zero-order valence-electron chi connectivity index (χ0n) is 33.3. The fourth-order valence-corrected chi connectivity index (χ4v) is 6.92. The van der Waals surface area contributed by atoms with Crippen LogP contribution in [0.5, 0.6) is 0 Å². The van der Waals surface area contributed by atoms with E-state index < -0.39 is 5.97 Å². The van der Waals surface area contributed by atoms with E-state index in [1.54, 1.807) is 0 Å². The smallest absolute Gasteiger partial charge is 0.306 e. The van der Waals surface area contributed by atoms with Crippen LogP contribution >= 0.6 is 0 Å². The van der Waals surface area contributed by atoms with Crippen LogP contribution in [0.4, 0.5) is 0 Å². The third kappa shape index (κ3) is 41.0. The lowest BCUT2D eigenvalue weighted by atomic mass is 10.0. The summed E-state index contributed by atoms with van der Waals surface area (Å²) >= 11 is 0. The second-order valence-electron chi connectivity index (χ2n) is 15.2. The van der Waals surface area contributed by atoms with Gasteiger partial charge in [-0.2, -0.15) is 0 Å². The van der Waals surface area contributed by atoms with Gasteiger partial charge >= 0.3 is 11.9 Å². The minimum atomic E-state index is -0.717. The maximum Gasteiger partial charge on any atom is 0.306 e. The van der Waals surface area contributed by atoms with Gasteiger partial charge in [-0.15, -0.1) is 0 Å². The minimum absolute atomic E-state index is 0.0566. The van der Waals surface area contributed by atoms with Crippen LogP contribution < -0.4 is 0 Å². The van der Waals surface area contributed by atoms with Crippen molar-refractivity contribution >= 4 is 11.9 Å². The van der Waals surface area contributed by atoms with E-state index in [9.17, 15) is 9.59 Å². The number of carboxylic acids is 1. The quantitative estimate of drug-likeness (QED) is 0.0394. The summed E-state index contributed by atoms with van der Waals surface area (Å²) in [5.74, 6) is -0.774. The molecule has 0 fully saturated rings. The van der Waals surface area contributed by atoms with E-state index >= 15 is 0 Å². The first-order valence-corrected chi connectivity index (χ1v) is 22.2. The number of unbranched alkanes of at least 4 members (excludes halogenated alkanes) is 32. The maximum atomic E-state index is 12.6. The van der Waals surface area contributed by atoms with E-state index in [4.69, 9.17) is 9.84 Å². The minimum Gasteiger partial charge on any atom is -0.481 e. The van der Waals surface area contributed by atoms with Crippen molar-refractivity contribution in [1.29, 1.82) is 0 Å². The molecule has 4 heteroatoms. The van der Waals surface area contributed by atoms with Crippen molar-refractivity contribution in [1.82, 2.24) is 0 Å². The first kappa shape index (κ1) is 47.7. The summed E-state index contributed by atoms with van der Waals surface area (Å²) in [6.07, 6.45) is 51.3. The van der Waals surface area contributed by atoms with Gasteiger partial charge in [-0.05, 0) is 44.6 Å². The molecule has 0 radical (unpaired) electrons. The molecule has 49 heavy (non-hydrogen) atoms. The van der Waals surface area contributed by atoms with Crippen LogP contribution in [0, 0.1) is 0 Å². The van der Waals surface area contributed by atoms with Crippen molar-refractivity contribution in [2.24, 2.45) is 0 Å². The average Bonchev–Trinajstić information content (AvgIpc) is 3.09. The normalized spacial score (nSPS) is 12.2. The summed E-state index contributed by atoms with van der Waals surface area (Å²) in [6.45, 7) is 4.55. The second kappa shape index (κ2) is 41.1. The van der Waals surface area contributed by atoms with Gasteiger partial charge < -0.3 is 9.84 Å². The first-order valence-electron chi connectivity index (χ1n) is 22.2. The molecule has 0 heterocycles. The van der Waals surface area contributed by atoms with Gasteiger partial charge in [0.1, 0.15) is 6.10 Å². The van der Waals surface area contributed by atoms with Crippen molar-refractivity contribution in [2.45, 2.75) is 264 Å². The molecule has 4 nitrogen and oxygen atoms in total. The first-order chi connectivity index (χ1) is 24.1. The number of hydrogen-bond acceptors (Lipinski definition) is 3. The molecule has 0 aromatic carbocycles. The number of carbonyl (C=O) groups is 2. The van der Waals surface area contributed by atoms with Crippen molar-refractivity contribution < 1.29 is 19.4 Å². The molecule has 1 atom stereocenters. The van der Waals surface area contributed by atoms with Crippen LogP contribution in [-0.4, -0.2) is 23.1 Å². The molecular weight excluding hydrogens is 604 g/mol. The molecule has 0 aromatic rings. The summed E-state index contributed by atoms with van der Waals surface area (Å²) in [7, 11) is 0. The summed E-state index contributed by atoms with van der Waals surface area (Å²) in [4.78, 5) is 23.3. The fourth-order valence-electron chi connectivity index (χ4n) is 6.92. The van der Waals surface area contributed by atoms with Gasteiger partial charge in [-0.3, -0.25) is 9.59 Å². The van der Waals surface area contributed by atoms with E-state index in [2.05, 4.69) is 26.0 Å². The van der Waals surface area contributed by atoms with E-state index in [0.717, 1.165) is 51.4 Å². The topological polar surface area (TPSA) is 63.6 Å². The van der Waals surface area contributed by atoms with Gasteiger partial charge in [0.25, 0.3) is 0 Å². The largest absolute Gasteiger partial charge is 0.481 e. The highest BCUT2D eigenvalue weighted by molar-refractivity contribution is 5.69. The third-order valence-corrected chi connectivity index (χ3v) is 10.2. The second-order valence-corrected chi connectivity index (χ2v) is 15.2. The molecular formula is C45H86O4. The number of ether oxygens (including phenoxy) is 1. The summed E-state index contributed by atoms with van der Waals surface area (Å²) in [6, 6.07) is 0. The van der Waals surface area contributed by atoms with Crippen molar-refractivity contribution in [3.63, 3.8) is 0 Å². The van der Waals surface area contributed by atoms with Crippen LogP contribution in [0.1, 0.15) is 258 Å². The molecule has 1 N–H and O–H groups in total. The number of esters is 1. The zero-order valence-corrected chi connectivity index (χ0v) is 33.3. The van der Waals surface area contributed by atoms with Crippen LogP contribution in [-0.2, 0) is 14.3 Å². The van der Waals surface area contributed by atoms with E-state index in [0.29, 0.717) is 6.42 Å². The van der Waals surface area contributed by atoms with Gasteiger partial charge in [0, 0.05) is 12.8 Å². The predicted molar refractivity (Wildman–Crippen MR) is 213 cm³/mol. The molecule has 290 valence electrons. The van der Waals surface area contributed by atoms with Crippen molar-refractivity contribution in [2.75, 3.05) is 0 Å². The lowest BCUT2D eigenvalue weighted by Gasteiger charge is -2.15. The number of rotatable bonds is 41. The molecule has 0 aromatic heterocycles. The number of aliphatic carboxylic acids is 1. The van der Waals surface area contributed by atoms with Crippen LogP contribution in [0.15, 0.2) is 12.2 Å². The molecule has 0 aliphatic carbocycles. The predicted octanol–water partition coefficient (Wildman–Crippen LogP) is 15.4. The monoisotopic (exact) mass is 691 g/mol. The van der Waals surface area contributed by atoms with E-state index in [-0.39, 0.29) is 18.5 Å². The Balaban J connectivity index is 3.71. The number of carboxylic acid groups (broad SMARTS) is 1. The molecule has 0 aliphatic rings. The van der Waals surface area contributed by atoms with Gasteiger partial charge in [-0.1, -0.05) is 213 Å². The molecule has 1 unspecified atom stereocenters. The molecule has 0 spiro atoms. The summed E-state index contributed by atoms with van der Waals surface area (Å²) < 4.78 is 5.89. The average molecular weight is 691 g/mol. The van der Waals surface area contributed by atoms with Crippen LogP contribution in [0.2, 0.25) is 0 Å². The molecule has 0 amide bonds. The summed E-state index contributed by atoms with van der Waals surface area (Å²) in [5, 5.41) is 8.83. The van der Waals surface area contributed by atoms with Crippen molar-refractivity contribution in [3.05, 3.63) is 12.2 Å². The summed E-state index contributed by atoms with van der Waals surface area (Å²) in [5.41, 5.74) is 0. The molecule has 0 rings (SSSR count). The Hall–Kier alpha value is -1.32. The SMILES string of the molecule is CCCCCCCC/C=C\C(CCCCCCC(=O)O)OC(=O)CCCCCCCCCCCCCCCCCCCCCCCCCC. The highest BCUT2D eigenvalue weighted by atomic mass is 16.5. The Morgan fingerprint density at radius 3 is 1.16 bits per heavy atom. The van der Waals surface area contributed by atoms with Gasteiger partial charge in [-0.25, -0.2) is 0 Å². The Morgan fingerprint density at radius 1 is 0.449 bits per heavy atom. The highest BCUT2D eigenvalue weighted by Crippen LogP contribution is 2.17. The third-order valence-electron chi connectivity index (χ3n) is 10.2.